The van der Waals surface area contributed by atoms with E-state index in [1.54, 1.807) is 0 Å². The summed E-state index contributed by atoms with van der Waals surface area (Å²) in [6.07, 6.45) is 5.32. The zero-order valence-electron chi connectivity index (χ0n) is 10.7. The minimum atomic E-state index is 0.310. The highest BCUT2D eigenvalue weighted by molar-refractivity contribution is 5.08. The third-order valence-corrected chi connectivity index (χ3v) is 5.77. The van der Waals surface area contributed by atoms with E-state index >= 15 is 0 Å². The summed E-state index contributed by atoms with van der Waals surface area (Å²) in [6.45, 7) is 3.17. The van der Waals surface area contributed by atoms with Crippen LogP contribution in [0, 0.1) is 23.7 Å². The molecule has 0 aromatic carbocycles. The molecule has 2 aliphatic carbocycles. The first kappa shape index (κ1) is 10.8. The highest BCUT2D eigenvalue weighted by Gasteiger charge is 2.61. The monoisotopic (exact) mass is 238 g/mol. The van der Waals surface area contributed by atoms with Gasteiger partial charge in [0.2, 0.25) is 0 Å². The van der Waals surface area contributed by atoms with Gasteiger partial charge >= 0.3 is 0 Å². The van der Waals surface area contributed by atoms with Crippen molar-refractivity contribution in [3.63, 3.8) is 0 Å². The molecule has 0 aromatic heterocycles. The van der Waals surface area contributed by atoms with Gasteiger partial charge in [-0.05, 0) is 37.0 Å². The quantitative estimate of drug-likeness (QED) is 0.698. The Kier molecular flexibility index (Phi) is 2.34. The standard InChI is InChI=1S/C14H22O3/c1-7-3-4-9-12(7)8-5-10(17-9)14-13(8)11(15-2)6-16-14/h7-14H,3-6H2,1-2H3. The van der Waals surface area contributed by atoms with Gasteiger partial charge < -0.3 is 14.2 Å². The van der Waals surface area contributed by atoms with Gasteiger partial charge in [0, 0.05) is 13.0 Å². The highest BCUT2D eigenvalue weighted by Crippen LogP contribution is 2.56. The van der Waals surface area contributed by atoms with E-state index in [0.29, 0.717) is 30.3 Å². The van der Waals surface area contributed by atoms with Gasteiger partial charge in [-0.25, -0.2) is 0 Å². The number of hydrogen-bond donors (Lipinski definition) is 0. The maximum Gasteiger partial charge on any atom is 0.0894 e. The molecular formula is C14H22O3. The van der Waals surface area contributed by atoms with Crippen molar-refractivity contribution in [2.24, 2.45) is 23.7 Å². The van der Waals surface area contributed by atoms with Gasteiger partial charge in [0.25, 0.3) is 0 Å². The van der Waals surface area contributed by atoms with Crippen LogP contribution in [0.5, 0.6) is 0 Å². The van der Waals surface area contributed by atoms with Crippen LogP contribution in [0.25, 0.3) is 0 Å². The molecular weight excluding hydrogens is 216 g/mol. The number of ether oxygens (including phenoxy) is 3. The molecule has 4 rings (SSSR count). The Morgan fingerprint density at radius 3 is 2.82 bits per heavy atom. The predicted octanol–water partition coefficient (Wildman–Crippen LogP) is 1.85. The number of hydrogen-bond acceptors (Lipinski definition) is 3. The molecule has 2 saturated heterocycles. The van der Waals surface area contributed by atoms with Crippen LogP contribution >= 0.6 is 0 Å². The second-order valence-electron chi connectivity index (χ2n) is 6.39. The first-order valence-electron chi connectivity index (χ1n) is 7.09. The Labute approximate surface area is 103 Å². The highest BCUT2D eigenvalue weighted by atomic mass is 16.6. The Morgan fingerprint density at radius 1 is 1.12 bits per heavy atom. The summed E-state index contributed by atoms with van der Waals surface area (Å²) in [5.41, 5.74) is 0. The lowest BCUT2D eigenvalue weighted by Crippen LogP contribution is -2.38. The van der Waals surface area contributed by atoms with Crippen molar-refractivity contribution < 1.29 is 14.2 Å². The summed E-state index contributed by atoms with van der Waals surface area (Å²) >= 11 is 0. The third-order valence-electron chi connectivity index (χ3n) is 5.77. The number of methoxy groups -OCH3 is 1. The van der Waals surface area contributed by atoms with Crippen molar-refractivity contribution in [3.8, 4) is 0 Å². The second kappa shape index (κ2) is 3.69. The SMILES string of the molecule is COC1COC2C3CC(C4C(C)CCC4O3)C12. The molecule has 0 spiro atoms. The molecule has 0 N–H and O–H groups in total. The molecule has 0 amide bonds. The Bertz CT molecular complexity index is 319. The van der Waals surface area contributed by atoms with Crippen molar-refractivity contribution in [1.82, 2.24) is 0 Å². The summed E-state index contributed by atoms with van der Waals surface area (Å²) in [5, 5.41) is 0. The molecule has 8 unspecified atom stereocenters. The zero-order chi connectivity index (χ0) is 11.6. The van der Waals surface area contributed by atoms with Crippen LogP contribution in [0.2, 0.25) is 0 Å². The lowest BCUT2D eigenvalue weighted by molar-refractivity contribution is -0.112. The first-order valence-corrected chi connectivity index (χ1v) is 7.09. The molecule has 4 aliphatic rings. The minimum absolute atomic E-state index is 0.310. The molecule has 4 fully saturated rings. The summed E-state index contributed by atoms with van der Waals surface area (Å²) in [6, 6.07) is 0. The van der Waals surface area contributed by atoms with Crippen LogP contribution in [0.15, 0.2) is 0 Å². The summed E-state index contributed by atoms with van der Waals surface area (Å²) in [4.78, 5) is 0. The van der Waals surface area contributed by atoms with Crippen molar-refractivity contribution in [3.05, 3.63) is 0 Å². The van der Waals surface area contributed by atoms with Gasteiger partial charge in [-0.2, -0.15) is 0 Å². The normalized spacial score (nSPS) is 60.4. The smallest absolute Gasteiger partial charge is 0.0894 e. The van der Waals surface area contributed by atoms with E-state index in [2.05, 4.69) is 6.92 Å². The van der Waals surface area contributed by atoms with Crippen LogP contribution in [0.3, 0.4) is 0 Å². The molecule has 8 atom stereocenters. The fraction of sp³-hybridized carbons (Fsp3) is 1.00. The van der Waals surface area contributed by atoms with Crippen LogP contribution in [-0.2, 0) is 14.2 Å². The maximum absolute atomic E-state index is 6.30. The molecule has 0 radical (unpaired) electrons. The molecule has 2 saturated carbocycles. The average molecular weight is 238 g/mol. The number of rotatable bonds is 1. The molecule has 2 aliphatic heterocycles. The summed E-state index contributed by atoms with van der Waals surface area (Å²) in [7, 11) is 1.83. The minimum Gasteiger partial charge on any atom is -0.379 e. The lowest BCUT2D eigenvalue weighted by atomic mass is 9.75. The van der Waals surface area contributed by atoms with Crippen molar-refractivity contribution in [2.75, 3.05) is 13.7 Å². The first-order chi connectivity index (χ1) is 8.29. The molecule has 3 heteroatoms. The van der Waals surface area contributed by atoms with Crippen LogP contribution in [-0.4, -0.2) is 38.1 Å². The summed E-state index contributed by atoms with van der Waals surface area (Å²) in [5.74, 6) is 2.97. The van der Waals surface area contributed by atoms with E-state index < -0.39 is 0 Å². The van der Waals surface area contributed by atoms with E-state index in [0.717, 1.165) is 24.4 Å². The lowest BCUT2D eigenvalue weighted by Gasteiger charge is -2.36. The Balaban J connectivity index is 1.67. The van der Waals surface area contributed by atoms with Crippen molar-refractivity contribution in [2.45, 2.75) is 50.6 Å². The molecule has 96 valence electrons. The zero-order valence-corrected chi connectivity index (χ0v) is 10.7. The van der Waals surface area contributed by atoms with Gasteiger partial charge in [-0.3, -0.25) is 0 Å². The van der Waals surface area contributed by atoms with Crippen LogP contribution < -0.4 is 0 Å². The maximum atomic E-state index is 6.30. The van der Waals surface area contributed by atoms with Gasteiger partial charge in [0.05, 0.1) is 31.0 Å². The fourth-order valence-electron chi connectivity index (χ4n) is 5.11. The fourth-order valence-corrected chi connectivity index (χ4v) is 5.11. The van der Waals surface area contributed by atoms with Crippen LogP contribution in [0.1, 0.15) is 26.2 Å². The largest absolute Gasteiger partial charge is 0.379 e. The van der Waals surface area contributed by atoms with Crippen LogP contribution in [0.4, 0.5) is 0 Å². The number of fused-ring (bicyclic) bond motifs is 7. The Hall–Kier alpha value is -0.120. The van der Waals surface area contributed by atoms with E-state index in [1.807, 2.05) is 7.11 Å². The molecule has 2 bridgehead atoms. The summed E-state index contributed by atoms with van der Waals surface area (Å²) < 4.78 is 17.9. The van der Waals surface area contributed by atoms with E-state index in [9.17, 15) is 0 Å². The van der Waals surface area contributed by atoms with Gasteiger partial charge in [0.1, 0.15) is 0 Å². The van der Waals surface area contributed by atoms with Gasteiger partial charge in [0.15, 0.2) is 0 Å². The molecule has 0 aromatic rings. The van der Waals surface area contributed by atoms with E-state index in [4.69, 9.17) is 14.2 Å². The molecule has 3 nitrogen and oxygen atoms in total. The average Bonchev–Trinajstić information content (AvgIpc) is 2.97. The molecule has 17 heavy (non-hydrogen) atoms. The van der Waals surface area contributed by atoms with E-state index in [1.165, 1.54) is 19.3 Å². The van der Waals surface area contributed by atoms with Crippen molar-refractivity contribution in [1.29, 1.82) is 0 Å². The van der Waals surface area contributed by atoms with Gasteiger partial charge in [-0.15, -0.1) is 0 Å². The Morgan fingerprint density at radius 2 is 2.00 bits per heavy atom. The van der Waals surface area contributed by atoms with Crippen molar-refractivity contribution >= 4 is 0 Å². The van der Waals surface area contributed by atoms with E-state index in [-0.39, 0.29) is 0 Å². The molecule has 2 heterocycles. The second-order valence-corrected chi connectivity index (χ2v) is 6.39. The van der Waals surface area contributed by atoms with Gasteiger partial charge in [-0.1, -0.05) is 6.92 Å². The topological polar surface area (TPSA) is 27.7 Å². The third kappa shape index (κ3) is 1.33. The predicted molar refractivity (Wildman–Crippen MR) is 62.7 cm³/mol.